The summed E-state index contributed by atoms with van der Waals surface area (Å²) in [4.78, 5) is 69.4. The highest BCUT2D eigenvalue weighted by atomic mass is 16.6. The lowest BCUT2D eigenvalue weighted by atomic mass is 10.0. The molecular formula is C34H43N3O8. The minimum atomic E-state index is -1.17. The number of carbonyl (C=O) groups is 5. The van der Waals surface area contributed by atoms with Gasteiger partial charge in [0, 0.05) is 6.54 Å². The zero-order valence-electron chi connectivity index (χ0n) is 26.6. The van der Waals surface area contributed by atoms with Crippen LogP contribution in [0.15, 0.2) is 60.7 Å². The molecule has 2 aliphatic rings. The standard InChI is InChI=1S/C34H43N3O8/c1-22(2)19-25(35-33(42)45-34(3,4)5)29(38)36-18-12-17-26(36)30(39)37-27(31(40)43-20-23-13-8-6-9-14-23)28(37)32(41)44-21-24-15-10-7-11-16-24/h6-11,13-16,22,25-28H,12,17-21H2,1-5H3,(H,35,42)/t25-,26+,27+,28+/m1/s1. The minimum Gasteiger partial charge on any atom is -0.459 e. The van der Waals surface area contributed by atoms with Crippen LogP contribution in [0.3, 0.4) is 0 Å². The van der Waals surface area contributed by atoms with Crippen LogP contribution >= 0.6 is 0 Å². The maximum absolute atomic E-state index is 14.0. The van der Waals surface area contributed by atoms with Crippen LogP contribution in [0.25, 0.3) is 0 Å². The number of esters is 2. The van der Waals surface area contributed by atoms with E-state index in [-0.39, 0.29) is 19.1 Å². The normalized spacial score (nSPS) is 19.9. The Morgan fingerprint density at radius 2 is 1.36 bits per heavy atom. The highest BCUT2D eigenvalue weighted by molar-refractivity contribution is 6.03. The molecule has 45 heavy (non-hydrogen) atoms. The lowest BCUT2D eigenvalue weighted by Gasteiger charge is -2.30. The van der Waals surface area contributed by atoms with Gasteiger partial charge in [-0.25, -0.2) is 14.4 Å². The molecule has 0 aliphatic carbocycles. The second-order valence-corrected chi connectivity index (χ2v) is 12.8. The van der Waals surface area contributed by atoms with Gasteiger partial charge in [-0.1, -0.05) is 74.5 Å². The fourth-order valence-corrected chi connectivity index (χ4v) is 5.42. The van der Waals surface area contributed by atoms with E-state index < -0.39 is 59.6 Å². The SMILES string of the molecule is CC(C)C[C@@H](NC(=O)OC(C)(C)C)C(=O)N1CCC[C@H]1C(=O)N1[C@H](C(=O)OCc2ccccc2)[C@H]1C(=O)OCc1ccccc1. The number of amides is 3. The summed E-state index contributed by atoms with van der Waals surface area (Å²) in [5, 5.41) is 2.68. The molecule has 0 aromatic heterocycles. The van der Waals surface area contributed by atoms with Crippen molar-refractivity contribution < 1.29 is 38.2 Å². The number of nitrogens with one attached hydrogen (secondary N) is 1. The van der Waals surface area contributed by atoms with Crippen LogP contribution in [0.4, 0.5) is 4.79 Å². The lowest BCUT2D eigenvalue weighted by Crippen LogP contribution is -2.53. The number of nitrogens with zero attached hydrogens (tertiary/aromatic N) is 2. The molecule has 3 amide bonds. The molecular weight excluding hydrogens is 578 g/mol. The van der Waals surface area contributed by atoms with Gasteiger partial charge in [-0.15, -0.1) is 0 Å². The molecule has 0 spiro atoms. The summed E-state index contributed by atoms with van der Waals surface area (Å²) in [6, 6.07) is 14.0. The number of likely N-dealkylation sites (tertiary alicyclic amines) is 1. The van der Waals surface area contributed by atoms with Gasteiger partial charge >= 0.3 is 18.0 Å². The first kappa shape index (κ1) is 33.5. The Labute approximate surface area is 264 Å². The van der Waals surface area contributed by atoms with Gasteiger partial charge in [0.15, 0.2) is 12.1 Å². The average molecular weight is 622 g/mol. The van der Waals surface area contributed by atoms with Crippen molar-refractivity contribution in [2.45, 2.75) is 96.9 Å². The molecule has 0 radical (unpaired) electrons. The molecule has 2 aromatic rings. The summed E-state index contributed by atoms with van der Waals surface area (Å²) >= 11 is 0. The molecule has 2 fully saturated rings. The number of carbonyl (C=O) groups excluding carboxylic acids is 5. The van der Waals surface area contributed by atoms with Crippen LogP contribution in [-0.2, 0) is 46.6 Å². The molecule has 242 valence electrons. The predicted molar refractivity (Wildman–Crippen MR) is 164 cm³/mol. The largest absolute Gasteiger partial charge is 0.459 e. The fraction of sp³-hybridized carbons (Fsp3) is 0.500. The van der Waals surface area contributed by atoms with Crippen LogP contribution in [0.1, 0.15) is 65.0 Å². The van der Waals surface area contributed by atoms with Gasteiger partial charge in [-0.05, 0) is 57.1 Å². The number of hydrogen-bond donors (Lipinski definition) is 1. The van der Waals surface area contributed by atoms with E-state index in [1.54, 1.807) is 45.0 Å². The van der Waals surface area contributed by atoms with E-state index in [4.69, 9.17) is 14.2 Å². The first-order chi connectivity index (χ1) is 21.4. The van der Waals surface area contributed by atoms with Gasteiger partial charge < -0.3 is 29.3 Å². The Balaban J connectivity index is 1.49. The molecule has 2 aromatic carbocycles. The van der Waals surface area contributed by atoms with E-state index >= 15 is 0 Å². The molecule has 11 nitrogen and oxygen atoms in total. The van der Waals surface area contributed by atoms with Crippen molar-refractivity contribution in [3.63, 3.8) is 0 Å². The molecule has 2 aliphatic heterocycles. The third kappa shape index (κ3) is 9.06. The molecule has 4 atom stereocenters. The third-order valence-corrected chi connectivity index (χ3v) is 7.51. The Kier molecular flexibility index (Phi) is 10.8. The number of alkyl carbamates (subject to hydrolysis) is 1. The second kappa shape index (κ2) is 14.6. The quantitative estimate of drug-likeness (QED) is 0.227. The van der Waals surface area contributed by atoms with Gasteiger partial charge in [0.05, 0.1) is 0 Å². The third-order valence-electron chi connectivity index (χ3n) is 7.51. The molecule has 0 saturated carbocycles. The van der Waals surface area contributed by atoms with Crippen molar-refractivity contribution in [1.82, 2.24) is 15.1 Å². The summed E-state index contributed by atoms with van der Waals surface area (Å²) in [6.45, 7) is 9.29. The maximum atomic E-state index is 14.0. The first-order valence-corrected chi connectivity index (χ1v) is 15.4. The zero-order valence-corrected chi connectivity index (χ0v) is 26.6. The van der Waals surface area contributed by atoms with Crippen LogP contribution in [0, 0.1) is 5.92 Å². The highest BCUT2D eigenvalue weighted by Gasteiger charge is 2.63. The monoisotopic (exact) mass is 621 g/mol. The van der Waals surface area contributed by atoms with Crippen LogP contribution in [0.5, 0.6) is 0 Å². The summed E-state index contributed by atoms with van der Waals surface area (Å²) in [5.41, 5.74) is 0.762. The Morgan fingerprint density at radius 1 is 0.844 bits per heavy atom. The van der Waals surface area contributed by atoms with E-state index in [0.717, 1.165) is 16.0 Å². The smallest absolute Gasteiger partial charge is 0.408 e. The van der Waals surface area contributed by atoms with Gasteiger partial charge in [-0.2, -0.15) is 0 Å². The van der Waals surface area contributed by atoms with E-state index in [2.05, 4.69) is 5.32 Å². The number of ether oxygens (including phenoxy) is 3. The van der Waals surface area contributed by atoms with Crippen LogP contribution < -0.4 is 5.32 Å². The van der Waals surface area contributed by atoms with Gasteiger partial charge in [0.1, 0.15) is 30.9 Å². The van der Waals surface area contributed by atoms with E-state index in [9.17, 15) is 24.0 Å². The van der Waals surface area contributed by atoms with Crippen molar-refractivity contribution in [2.75, 3.05) is 6.54 Å². The van der Waals surface area contributed by atoms with E-state index in [1.807, 2.05) is 50.2 Å². The molecule has 0 unspecified atom stereocenters. The lowest BCUT2D eigenvalue weighted by molar-refractivity contribution is -0.148. The Hall–Kier alpha value is -4.41. The van der Waals surface area contributed by atoms with Gasteiger partial charge in [0.2, 0.25) is 11.8 Å². The number of rotatable bonds is 11. The highest BCUT2D eigenvalue weighted by Crippen LogP contribution is 2.35. The summed E-state index contributed by atoms with van der Waals surface area (Å²) in [5.74, 6) is -2.35. The molecule has 11 heteroatoms. The summed E-state index contributed by atoms with van der Waals surface area (Å²) < 4.78 is 16.4. The molecule has 2 saturated heterocycles. The molecule has 1 N–H and O–H groups in total. The summed E-state index contributed by atoms with van der Waals surface area (Å²) in [6.07, 6.45) is 0.502. The van der Waals surface area contributed by atoms with Crippen molar-refractivity contribution in [3.8, 4) is 0 Å². The Bertz CT molecular complexity index is 1300. The minimum absolute atomic E-state index is 0.0226. The van der Waals surface area contributed by atoms with Crippen LogP contribution in [-0.4, -0.2) is 76.0 Å². The Morgan fingerprint density at radius 3 is 1.82 bits per heavy atom. The maximum Gasteiger partial charge on any atom is 0.408 e. The number of benzene rings is 2. The van der Waals surface area contributed by atoms with Crippen molar-refractivity contribution in [3.05, 3.63) is 71.8 Å². The van der Waals surface area contributed by atoms with E-state index in [1.165, 1.54) is 4.90 Å². The molecule has 4 rings (SSSR count). The molecule has 0 bridgehead atoms. The predicted octanol–water partition coefficient (Wildman–Crippen LogP) is 3.98. The van der Waals surface area contributed by atoms with Crippen molar-refractivity contribution in [2.24, 2.45) is 5.92 Å². The van der Waals surface area contributed by atoms with Crippen LogP contribution in [0.2, 0.25) is 0 Å². The second-order valence-electron chi connectivity index (χ2n) is 12.8. The van der Waals surface area contributed by atoms with Crippen molar-refractivity contribution >= 4 is 29.8 Å². The van der Waals surface area contributed by atoms with Gasteiger partial charge in [0.25, 0.3) is 0 Å². The topological polar surface area (TPSA) is 131 Å². The van der Waals surface area contributed by atoms with Gasteiger partial charge in [-0.3, -0.25) is 9.59 Å². The van der Waals surface area contributed by atoms with Crippen molar-refractivity contribution in [1.29, 1.82) is 0 Å². The van der Waals surface area contributed by atoms with E-state index in [0.29, 0.717) is 25.8 Å². The fourth-order valence-electron chi connectivity index (χ4n) is 5.42. The first-order valence-electron chi connectivity index (χ1n) is 15.4. The summed E-state index contributed by atoms with van der Waals surface area (Å²) in [7, 11) is 0. The average Bonchev–Trinajstić information content (AvgIpc) is 3.55. The zero-order chi connectivity index (χ0) is 32.7. The molecule has 2 heterocycles. The number of hydrogen-bond acceptors (Lipinski definition) is 8.